The first-order chi connectivity index (χ1) is 7.63. The summed E-state index contributed by atoms with van der Waals surface area (Å²) in [6.07, 6.45) is 0.973. The van der Waals surface area contributed by atoms with Crippen LogP contribution < -0.4 is 5.32 Å². The molecule has 0 saturated carbocycles. The number of hydrogen-bond donors (Lipinski definition) is 1. The van der Waals surface area contributed by atoms with Crippen molar-refractivity contribution in [3.63, 3.8) is 0 Å². The second-order valence-corrected chi connectivity index (χ2v) is 4.95. The van der Waals surface area contributed by atoms with Gasteiger partial charge in [-0.05, 0) is 31.9 Å². The zero-order valence-electron chi connectivity index (χ0n) is 10.1. The van der Waals surface area contributed by atoms with Gasteiger partial charge in [-0.3, -0.25) is 4.79 Å². The van der Waals surface area contributed by atoms with Crippen LogP contribution in [0.3, 0.4) is 0 Å². The predicted octanol–water partition coefficient (Wildman–Crippen LogP) is 3.00. The van der Waals surface area contributed by atoms with Crippen LogP contribution >= 0.6 is 11.8 Å². The van der Waals surface area contributed by atoms with Crippen molar-refractivity contribution >= 4 is 17.7 Å². The highest BCUT2D eigenvalue weighted by Gasteiger charge is 2.06. The Morgan fingerprint density at radius 1 is 1.44 bits per heavy atom. The van der Waals surface area contributed by atoms with Crippen LogP contribution in [0.5, 0.6) is 0 Å². The molecule has 0 bridgehead atoms. The highest BCUT2D eigenvalue weighted by molar-refractivity contribution is 8.00. The zero-order chi connectivity index (χ0) is 12.0. The quantitative estimate of drug-likeness (QED) is 0.798. The summed E-state index contributed by atoms with van der Waals surface area (Å²) in [5.41, 5.74) is 1.23. The zero-order valence-corrected chi connectivity index (χ0v) is 10.9. The van der Waals surface area contributed by atoms with Gasteiger partial charge < -0.3 is 5.32 Å². The van der Waals surface area contributed by atoms with E-state index in [1.165, 1.54) is 10.5 Å². The minimum Gasteiger partial charge on any atom is -0.353 e. The molecule has 1 aromatic rings. The van der Waals surface area contributed by atoms with Gasteiger partial charge in [-0.15, -0.1) is 11.8 Å². The first-order valence-electron chi connectivity index (χ1n) is 5.61. The Bertz CT molecular complexity index is 352. The number of carbonyl (C=O) groups excluding carboxylic acids is 1. The van der Waals surface area contributed by atoms with E-state index in [1.807, 2.05) is 19.1 Å². The van der Waals surface area contributed by atoms with E-state index < -0.39 is 0 Å². The van der Waals surface area contributed by atoms with E-state index in [2.05, 4.69) is 31.3 Å². The van der Waals surface area contributed by atoms with Crippen molar-refractivity contribution in [1.29, 1.82) is 0 Å². The van der Waals surface area contributed by atoms with Crippen LogP contribution in [-0.2, 0) is 4.79 Å². The van der Waals surface area contributed by atoms with E-state index in [1.54, 1.807) is 11.8 Å². The third-order valence-electron chi connectivity index (χ3n) is 2.47. The molecule has 1 N–H and O–H groups in total. The molecule has 0 heterocycles. The van der Waals surface area contributed by atoms with Crippen LogP contribution in [-0.4, -0.2) is 17.7 Å². The number of hydrogen-bond acceptors (Lipinski definition) is 2. The van der Waals surface area contributed by atoms with Crippen molar-refractivity contribution in [2.45, 2.75) is 38.1 Å². The molecule has 0 aliphatic heterocycles. The van der Waals surface area contributed by atoms with Crippen LogP contribution in [0.15, 0.2) is 29.2 Å². The van der Waals surface area contributed by atoms with E-state index in [9.17, 15) is 4.79 Å². The summed E-state index contributed by atoms with van der Waals surface area (Å²) in [5.74, 6) is 0.609. The molecule has 0 aromatic heterocycles. The van der Waals surface area contributed by atoms with Crippen LogP contribution in [0.2, 0.25) is 0 Å². The molecule has 2 nitrogen and oxygen atoms in total. The number of benzene rings is 1. The van der Waals surface area contributed by atoms with Gasteiger partial charge in [-0.1, -0.05) is 25.1 Å². The molecule has 3 heteroatoms. The predicted molar refractivity (Wildman–Crippen MR) is 69.8 cm³/mol. The Kier molecular flexibility index (Phi) is 5.39. The molecule has 88 valence electrons. The molecule has 0 aliphatic carbocycles. The smallest absolute Gasteiger partial charge is 0.230 e. The SMILES string of the molecule is CCC(C)NC(=O)CSc1ccccc1C. The highest BCUT2D eigenvalue weighted by Crippen LogP contribution is 2.21. The lowest BCUT2D eigenvalue weighted by atomic mass is 10.2. The summed E-state index contributed by atoms with van der Waals surface area (Å²) in [5, 5.41) is 2.96. The summed E-state index contributed by atoms with van der Waals surface area (Å²) in [4.78, 5) is 12.7. The van der Waals surface area contributed by atoms with Gasteiger partial charge in [0.25, 0.3) is 0 Å². The van der Waals surface area contributed by atoms with E-state index in [0.717, 1.165) is 6.42 Å². The lowest BCUT2D eigenvalue weighted by Gasteiger charge is -2.11. The number of amides is 1. The minimum absolute atomic E-state index is 0.114. The van der Waals surface area contributed by atoms with Crippen LogP contribution in [0.4, 0.5) is 0 Å². The Labute approximate surface area is 102 Å². The molecule has 1 amide bonds. The van der Waals surface area contributed by atoms with Gasteiger partial charge in [-0.2, -0.15) is 0 Å². The Hall–Kier alpha value is -0.960. The van der Waals surface area contributed by atoms with Gasteiger partial charge in [0.2, 0.25) is 5.91 Å². The van der Waals surface area contributed by atoms with Crippen LogP contribution in [0.25, 0.3) is 0 Å². The first-order valence-corrected chi connectivity index (χ1v) is 6.59. The van der Waals surface area contributed by atoms with Gasteiger partial charge >= 0.3 is 0 Å². The van der Waals surface area contributed by atoms with Crippen molar-refractivity contribution < 1.29 is 4.79 Å². The molecule has 1 atom stereocenters. The molecule has 1 rings (SSSR count). The average molecular weight is 237 g/mol. The highest BCUT2D eigenvalue weighted by atomic mass is 32.2. The maximum absolute atomic E-state index is 11.6. The largest absolute Gasteiger partial charge is 0.353 e. The number of thioether (sulfide) groups is 1. The monoisotopic (exact) mass is 237 g/mol. The van der Waals surface area contributed by atoms with Crippen molar-refractivity contribution in [2.75, 3.05) is 5.75 Å². The molecule has 1 aromatic carbocycles. The maximum atomic E-state index is 11.6. The van der Waals surface area contributed by atoms with E-state index in [4.69, 9.17) is 0 Å². The molecule has 0 fully saturated rings. The van der Waals surface area contributed by atoms with Crippen molar-refractivity contribution in [1.82, 2.24) is 5.32 Å². The Morgan fingerprint density at radius 2 is 2.12 bits per heavy atom. The molecule has 0 saturated heterocycles. The normalized spacial score (nSPS) is 12.2. The topological polar surface area (TPSA) is 29.1 Å². The van der Waals surface area contributed by atoms with Gasteiger partial charge in [0.15, 0.2) is 0 Å². The van der Waals surface area contributed by atoms with Crippen molar-refractivity contribution in [2.24, 2.45) is 0 Å². The molecular formula is C13H19NOS. The van der Waals surface area contributed by atoms with Crippen LogP contribution in [0.1, 0.15) is 25.8 Å². The van der Waals surface area contributed by atoms with Gasteiger partial charge in [-0.25, -0.2) is 0 Å². The third-order valence-corrected chi connectivity index (χ3v) is 3.65. The standard InChI is InChI=1S/C13H19NOS/c1-4-11(3)14-13(15)9-16-12-8-6-5-7-10(12)2/h5-8,11H,4,9H2,1-3H3,(H,14,15). The molecule has 1 unspecified atom stereocenters. The molecule has 0 spiro atoms. The number of rotatable bonds is 5. The van der Waals surface area contributed by atoms with Crippen molar-refractivity contribution in [3.8, 4) is 0 Å². The second-order valence-electron chi connectivity index (χ2n) is 3.93. The molecular weight excluding hydrogens is 218 g/mol. The van der Waals surface area contributed by atoms with Crippen LogP contribution in [0, 0.1) is 6.92 Å². The van der Waals surface area contributed by atoms with E-state index in [-0.39, 0.29) is 11.9 Å². The fraction of sp³-hybridized carbons (Fsp3) is 0.462. The summed E-state index contributed by atoms with van der Waals surface area (Å²) in [6, 6.07) is 8.40. The van der Waals surface area contributed by atoms with E-state index >= 15 is 0 Å². The number of aryl methyl sites for hydroxylation is 1. The summed E-state index contributed by atoms with van der Waals surface area (Å²) in [6.45, 7) is 6.16. The van der Waals surface area contributed by atoms with Gasteiger partial charge in [0, 0.05) is 10.9 Å². The summed E-state index contributed by atoms with van der Waals surface area (Å²) < 4.78 is 0. The van der Waals surface area contributed by atoms with Gasteiger partial charge in [0.05, 0.1) is 5.75 Å². The summed E-state index contributed by atoms with van der Waals surface area (Å²) >= 11 is 1.60. The fourth-order valence-electron chi connectivity index (χ4n) is 1.28. The second kappa shape index (κ2) is 6.59. The minimum atomic E-state index is 0.114. The summed E-state index contributed by atoms with van der Waals surface area (Å²) in [7, 11) is 0. The number of nitrogens with one attached hydrogen (secondary N) is 1. The maximum Gasteiger partial charge on any atom is 0.230 e. The molecule has 0 radical (unpaired) electrons. The van der Waals surface area contributed by atoms with Gasteiger partial charge in [0.1, 0.15) is 0 Å². The van der Waals surface area contributed by atoms with Crippen molar-refractivity contribution in [3.05, 3.63) is 29.8 Å². The average Bonchev–Trinajstić information content (AvgIpc) is 2.28. The lowest BCUT2D eigenvalue weighted by molar-refractivity contribution is -0.119. The number of carbonyl (C=O) groups is 1. The Morgan fingerprint density at radius 3 is 2.75 bits per heavy atom. The lowest BCUT2D eigenvalue weighted by Crippen LogP contribution is -2.33. The Balaban J connectivity index is 2.40. The van der Waals surface area contributed by atoms with E-state index in [0.29, 0.717) is 5.75 Å². The first kappa shape index (κ1) is 13.1. The fourth-order valence-corrected chi connectivity index (χ4v) is 2.12. The molecule has 0 aliphatic rings. The third kappa shape index (κ3) is 4.27. The molecule has 16 heavy (non-hydrogen) atoms.